The second kappa shape index (κ2) is 14.5. The first-order valence-corrected chi connectivity index (χ1v) is 18.9. The number of rotatable bonds is 6. The molecule has 0 fully saturated rings. The second-order valence-corrected chi connectivity index (χ2v) is 13.8. The van der Waals surface area contributed by atoms with Gasteiger partial charge < -0.3 is 13.7 Å². The molecular formula is C58H35N7. The summed E-state index contributed by atoms with van der Waals surface area (Å²) in [7, 11) is 0. The van der Waals surface area contributed by atoms with Crippen molar-refractivity contribution in [3.63, 3.8) is 0 Å². The van der Waals surface area contributed by atoms with Crippen LogP contribution in [-0.2, 0) is 0 Å². The zero-order valence-corrected chi connectivity index (χ0v) is 32.2. The summed E-state index contributed by atoms with van der Waals surface area (Å²) < 4.78 is 316. The van der Waals surface area contributed by atoms with Gasteiger partial charge in [0.2, 0.25) is 0 Å². The van der Waals surface area contributed by atoms with Gasteiger partial charge in [0.15, 0.2) is 17.5 Å². The van der Waals surface area contributed by atoms with Gasteiger partial charge in [-0.15, -0.1) is 0 Å². The number of aromatic nitrogens is 6. The van der Waals surface area contributed by atoms with E-state index in [1.54, 1.807) is 0 Å². The first-order chi connectivity index (χ1) is 46.3. The number of fused-ring (bicyclic) bond motifs is 9. The predicted molar refractivity (Wildman–Crippen MR) is 264 cm³/mol. The van der Waals surface area contributed by atoms with Crippen molar-refractivity contribution in [2.45, 2.75) is 0 Å². The number of nitriles is 1. The molecule has 7 heteroatoms. The van der Waals surface area contributed by atoms with Crippen LogP contribution in [-0.4, -0.2) is 28.7 Å². The molecule has 0 saturated carbocycles. The molecule has 65 heavy (non-hydrogen) atoms. The van der Waals surface area contributed by atoms with Gasteiger partial charge in [0, 0.05) is 49.0 Å². The SMILES string of the molecule is [2H]c1c([2H])c([2H])c(-c2nc(-c3cc(C#N)c(-n4c5c([2H])c([2H])c([2H])c([2H])c5c5c([2H])c([2H])c([2H])c([2H])c54)c(-n4c5c([2H])c([2H])c([2H])c([2H])c5c5c([2H])c([2H])c([2H])c([2H])c54)c3-n3c4c([2H])c([2H])c([2H])c([2H])c4c4c([2H])c([2H])c([2H])c([2H])c43)nc(-c3c([2H])c([2H])c([2H])c([2H])c3[2H])n2)c([2H])c1[2H]. The Labute approximate surface area is 420 Å². The van der Waals surface area contributed by atoms with Gasteiger partial charge in [0.05, 0.1) is 102 Å². The van der Waals surface area contributed by atoms with Crippen molar-refractivity contribution in [3.8, 4) is 57.3 Å². The van der Waals surface area contributed by atoms with Crippen LogP contribution in [0.15, 0.2) is 212 Å². The molecule has 0 amide bonds. The zero-order valence-electron chi connectivity index (χ0n) is 66.2. The first kappa shape index (κ1) is 16.2. The highest BCUT2D eigenvalue weighted by Gasteiger charge is 2.31. The van der Waals surface area contributed by atoms with Gasteiger partial charge in [-0.2, -0.15) is 5.26 Å². The molecular weight excluding hydrogens is 795 g/mol. The third-order valence-electron chi connectivity index (χ3n) is 10.5. The van der Waals surface area contributed by atoms with E-state index in [1.165, 1.54) is 0 Å². The van der Waals surface area contributed by atoms with Crippen LogP contribution in [0.4, 0.5) is 0 Å². The van der Waals surface area contributed by atoms with Crippen LogP contribution in [0.25, 0.3) is 117 Å². The molecule has 4 aromatic heterocycles. The fourth-order valence-corrected chi connectivity index (χ4v) is 7.95. The van der Waals surface area contributed by atoms with Crippen LogP contribution in [0, 0.1) is 11.3 Å². The minimum atomic E-state index is -1.15. The van der Waals surface area contributed by atoms with E-state index in [4.69, 9.17) is 19.2 Å². The van der Waals surface area contributed by atoms with Crippen LogP contribution >= 0.6 is 0 Å². The molecule has 0 radical (unpaired) electrons. The van der Waals surface area contributed by atoms with Crippen LogP contribution < -0.4 is 0 Å². The van der Waals surface area contributed by atoms with Gasteiger partial charge in [-0.05, 0) is 42.3 Å². The maximum Gasteiger partial charge on any atom is 0.166 e. The van der Waals surface area contributed by atoms with E-state index >= 15 is 0 Å². The lowest BCUT2D eigenvalue weighted by atomic mass is 10.0. The topological polar surface area (TPSA) is 77.2 Å². The highest BCUT2D eigenvalue weighted by Crippen LogP contribution is 2.47. The van der Waals surface area contributed by atoms with Crippen LogP contribution in [0.2, 0.25) is 0 Å². The minimum absolute atomic E-state index is 0.646. The van der Waals surface area contributed by atoms with Crippen LogP contribution in [0.5, 0.6) is 0 Å². The van der Waals surface area contributed by atoms with Crippen molar-refractivity contribution >= 4 is 65.4 Å². The quantitative estimate of drug-likeness (QED) is 0.167. The standard InChI is InChI=1S/C58H35N7/c59-36-39-35-46(58-61-56(37-19-3-1-4-20-37)60-57(62-58)38-21-5-2-6-22-38)54(64-49-31-15-9-25-42(49)43-26-10-16-32-50(43)64)55(65-51-33-17-11-27-44(51)45-28-12-18-34-52(45)65)53(39)63-47-29-13-7-23-40(47)41-24-8-14-30-48(41)63/h1-35H/i1D,2D,3D,4D,5D,6D,7D,8D,9D,10D,11D,12D,13D,14D,15D,16D,17D,18D,19D,20D,21D,22D,23D,24D,25D,26D,27D,28D,29D,30D,31D,32D,33D,34D. The minimum Gasteiger partial charge on any atom is -0.306 e. The molecule has 9 aromatic carbocycles. The Bertz CT molecular complexity index is 5750. The van der Waals surface area contributed by atoms with E-state index in [0.717, 1.165) is 6.07 Å². The van der Waals surface area contributed by atoms with Gasteiger partial charge in [-0.1, -0.05) is 169 Å². The molecule has 0 unspecified atom stereocenters. The summed E-state index contributed by atoms with van der Waals surface area (Å²) in [6.45, 7) is 0. The number of nitrogens with zero attached hydrogens (tertiary/aromatic N) is 7. The lowest BCUT2D eigenvalue weighted by Gasteiger charge is -2.25. The fourth-order valence-electron chi connectivity index (χ4n) is 7.95. The van der Waals surface area contributed by atoms with E-state index in [2.05, 4.69) is 15.0 Å². The molecule has 0 atom stereocenters. The summed E-state index contributed by atoms with van der Waals surface area (Å²) in [4.78, 5) is 13.6. The third kappa shape index (κ3) is 5.51. The number of hydrogen-bond donors (Lipinski definition) is 0. The highest BCUT2D eigenvalue weighted by atomic mass is 15.1. The summed E-state index contributed by atoms with van der Waals surface area (Å²) in [5, 5.41) is 7.76. The zero-order chi connectivity index (χ0) is 72.6. The van der Waals surface area contributed by atoms with Crippen LogP contribution in [0.3, 0.4) is 0 Å². The molecule has 0 spiro atoms. The molecule has 13 aromatic rings. The van der Waals surface area contributed by atoms with Gasteiger partial charge >= 0.3 is 0 Å². The van der Waals surface area contributed by atoms with E-state index in [0.29, 0.717) is 13.7 Å². The molecule has 0 aliphatic carbocycles. The molecule has 0 N–H and O–H groups in total. The van der Waals surface area contributed by atoms with E-state index in [-0.39, 0.29) is 0 Å². The average Bonchev–Trinajstić information content (AvgIpc) is 1.53. The van der Waals surface area contributed by atoms with Gasteiger partial charge in [0.1, 0.15) is 6.07 Å². The fraction of sp³-hybridized carbons (Fsp3) is 0. The van der Waals surface area contributed by atoms with Gasteiger partial charge in [-0.3, -0.25) is 0 Å². The lowest BCUT2D eigenvalue weighted by Crippen LogP contribution is -2.13. The maximum atomic E-state index is 12.2. The number of para-hydroxylation sites is 6. The summed E-state index contributed by atoms with van der Waals surface area (Å²) in [6, 6.07) is -33.4. The van der Waals surface area contributed by atoms with Crippen molar-refractivity contribution in [3.05, 3.63) is 217 Å². The van der Waals surface area contributed by atoms with Crippen molar-refractivity contribution < 1.29 is 46.6 Å². The van der Waals surface area contributed by atoms with E-state index in [1.807, 2.05) is 6.07 Å². The Kier molecular flexibility index (Phi) is 3.61. The van der Waals surface area contributed by atoms with E-state index < -0.39 is 328 Å². The number of hydrogen-bond acceptors (Lipinski definition) is 4. The Morgan fingerprint density at radius 3 is 0.985 bits per heavy atom. The lowest BCUT2D eigenvalue weighted by molar-refractivity contribution is 1.03. The average molecular weight is 864 g/mol. The van der Waals surface area contributed by atoms with Gasteiger partial charge in [0.25, 0.3) is 0 Å². The molecule has 4 heterocycles. The Balaban J connectivity index is 1.50. The maximum absolute atomic E-state index is 12.2. The molecule has 13 rings (SSSR count). The second-order valence-electron chi connectivity index (χ2n) is 13.8. The monoisotopic (exact) mass is 864 g/mol. The summed E-state index contributed by atoms with van der Waals surface area (Å²) >= 11 is 0. The Morgan fingerprint density at radius 1 is 0.338 bits per heavy atom. The Hall–Kier alpha value is -9.12. The summed E-state index contributed by atoms with van der Waals surface area (Å²) in [6.07, 6.45) is 0. The normalized spacial score (nSPS) is 19.0. The molecule has 7 nitrogen and oxygen atoms in total. The summed E-state index contributed by atoms with van der Waals surface area (Å²) in [5.41, 5.74) is -12.3. The smallest absolute Gasteiger partial charge is 0.166 e. The van der Waals surface area contributed by atoms with Crippen LogP contribution in [0.1, 0.15) is 52.2 Å². The third-order valence-corrected chi connectivity index (χ3v) is 10.5. The Morgan fingerprint density at radius 2 is 0.631 bits per heavy atom. The number of benzene rings is 9. The first-order valence-electron chi connectivity index (χ1n) is 35.9. The van der Waals surface area contributed by atoms with Crippen molar-refractivity contribution in [2.75, 3.05) is 0 Å². The molecule has 302 valence electrons. The van der Waals surface area contributed by atoms with Crippen molar-refractivity contribution in [1.29, 1.82) is 5.26 Å². The largest absolute Gasteiger partial charge is 0.306 e. The van der Waals surface area contributed by atoms with Crippen molar-refractivity contribution in [1.82, 2.24) is 28.7 Å². The predicted octanol–water partition coefficient (Wildman–Crippen LogP) is 14.0. The highest BCUT2D eigenvalue weighted by molar-refractivity contribution is 6.14. The summed E-state index contributed by atoms with van der Waals surface area (Å²) in [5.74, 6) is -3.16. The van der Waals surface area contributed by atoms with Gasteiger partial charge in [-0.25, -0.2) is 15.0 Å². The van der Waals surface area contributed by atoms with Crippen molar-refractivity contribution in [2.24, 2.45) is 0 Å². The molecule has 0 saturated heterocycles. The molecule has 0 bridgehead atoms. The molecule has 0 aliphatic heterocycles. The van der Waals surface area contributed by atoms with E-state index in [9.17, 15) is 32.7 Å². The molecule has 0 aliphatic rings.